The minimum Gasteiger partial charge on any atom is -0.503 e. The van der Waals surface area contributed by atoms with Crippen LogP contribution in [-0.2, 0) is 6.54 Å². The summed E-state index contributed by atoms with van der Waals surface area (Å²) in [6, 6.07) is 3.80. The molecule has 0 bridgehead atoms. The number of nitrogens with one attached hydrogen (secondary N) is 1. The van der Waals surface area contributed by atoms with Gasteiger partial charge in [-0.3, -0.25) is 0 Å². The fourth-order valence-electron chi connectivity index (χ4n) is 2.73. The van der Waals surface area contributed by atoms with Crippen molar-refractivity contribution in [1.29, 1.82) is 0 Å². The van der Waals surface area contributed by atoms with Gasteiger partial charge in [-0.15, -0.1) is 0 Å². The Morgan fingerprint density at radius 1 is 1.29 bits per heavy atom. The van der Waals surface area contributed by atoms with E-state index in [0.29, 0.717) is 10.2 Å². The first kappa shape index (κ1) is 16.6. The zero-order chi connectivity index (χ0) is 15.1. The number of phenols is 1. The number of hydrogen-bond acceptors (Lipinski definition) is 4. The molecule has 0 saturated carbocycles. The Hall–Kier alpha value is -0.780. The minimum atomic E-state index is 0.159. The maximum absolute atomic E-state index is 9.78. The number of ether oxygens (including phenoxy) is 1. The fourth-order valence-corrected chi connectivity index (χ4v) is 3.22. The Balaban J connectivity index is 1.69. The standard InChI is InChI=1S/C16H25BrN2O2/c1-21-15-11-13(10-14(17)16(15)20)12-18-6-5-9-19-7-3-2-4-8-19/h10-11,18,20H,2-9,12H2,1H3. The number of benzene rings is 1. The molecule has 0 atom stereocenters. The summed E-state index contributed by atoms with van der Waals surface area (Å²) in [5.41, 5.74) is 1.11. The van der Waals surface area contributed by atoms with E-state index in [0.717, 1.165) is 18.7 Å². The molecule has 1 saturated heterocycles. The molecule has 2 rings (SSSR count). The number of nitrogens with zero attached hydrogens (tertiary/aromatic N) is 1. The zero-order valence-corrected chi connectivity index (χ0v) is 14.3. The molecule has 1 aliphatic rings. The maximum atomic E-state index is 9.78. The molecule has 0 aliphatic carbocycles. The molecule has 0 aromatic heterocycles. The Bertz CT molecular complexity index is 448. The van der Waals surface area contributed by atoms with Crippen LogP contribution >= 0.6 is 15.9 Å². The molecule has 2 N–H and O–H groups in total. The monoisotopic (exact) mass is 356 g/mol. The summed E-state index contributed by atoms with van der Waals surface area (Å²) < 4.78 is 5.83. The third-order valence-corrected chi connectivity index (χ3v) is 4.52. The second-order valence-corrected chi connectivity index (χ2v) is 6.42. The molecule has 0 radical (unpaired) electrons. The van der Waals surface area contributed by atoms with Crippen LogP contribution in [0.3, 0.4) is 0 Å². The maximum Gasteiger partial charge on any atom is 0.172 e. The van der Waals surface area contributed by atoms with Crippen molar-refractivity contribution in [2.75, 3.05) is 33.3 Å². The Morgan fingerprint density at radius 2 is 2.05 bits per heavy atom. The van der Waals surface area contributed by atoms with Crippen LogP contribution in [0, 0.1) is 0 Å². The molecule has 1 heterocycles. The number of rotatable bonds is 7. The number of methoxy groups -OCH3 is 1. The second kappa shape index (κ2) is 8.61. The molecule has 0 spiro atoms. The normalized spacial score (nSPS) is 16.1. The van der Waals surface area contributed by atoms with Crippen molar-refractivity contribution < 1.29 is 9.84 Å². The zero-order valence-electron chi connectivity index (χ0n) is 12.7. The van der Waals surface area contributed by atoms with Crippen LogP contribution in [0.4, 0.5) is 0 Å². The predicted octanol–water partition coefficient (Wildman–Crippen LogP) is 3.13. The quantitative estimate of drug-likeness (QED) is 0.736. The summed E-state index contributed by atoms with van der Waals surface area (Å²) >= 11 is 3.35. The molecule has 118 valence electrons. The van der Waals surface area contributed by atoms with Gasteiger partial charge in [0.15, 0.2) is 11.5 Å². The lowest BCUT2D eigenvalue weighted by atomic mass is 10.1. The van der Waals surface area contributed by atoms with Gasteiger partial charge in [-0.05, 0) is 79.1 Å². The molecule has 1 aromatic carbocycles. The third kappa shape index (κ3) is 5.16. The molecular formula is C16H25BrN2O2. The predicted molar refractivity (Wildman–Crippen MR) is 89.0 cm³/mol. The van der Waals surface area contributed by atoms with E-state index < -0.39 is 0 Å². The highest BCUT2D eigenvalue weighted by molar-refractivity contribution is 9.10. The highest BCUT2D eigenvalue weighted by Gasteiger charge is 2.10. The number of piperidine rings is 1. The van der Waals surface area contributed by atoms with Gasteiger partial charge in [0, 0.05) is 6.54 Å². The van der Waals surface area contributed by atoms with Crippen LogP contribution in [0.2, 0.25) is 0 Å². The first-order valence-electron chi connectivity index (χ1n) is 7.69. The van der Waals surface area contributed by atoms with E-state index in [1.54, 1.807) is 7.11 Å². The molecule has 4 nitrogen and oxygen atoms in total. The topological polar surface area (TPSA) is 44.7 Å². The lowest BCUT2D eigenvalue weighted by Crippen LogP contribution is -2.32. The third-order valence-electron chi connectivity index (χ3n) is 3.91. The number of hydrogen-bond donors (Lipinski definition) is 2. The van der Waals surface area contributed by atoms with Crippen LogP contribution in [0.25, 0.3) is 0 Å². The summed E-state index contributed by atoms with van der Waals surface area (Å²) in [4.78, 5) is 2.56. The molecule has 1 aliphatic heterocycles. The van der Waals surface area contributed by atoms with E-state index in [-0.39, 0.29) is 5.75 Å². The van der Waals surface area contributed by atoms with E-state index in [1.165, 1.54) is 45.3 Å². The van der Waals surface area contributed by atoms with E-state index in [2.05, 4.69) is 26.1 Å². The van der Waals surface area contributed by atoms with Gasteiger partial charge in [0.05, 0.1) is 11.6 Å². The molecule has 5 heteroatoms. The summed E-state index contributed by atoms with van der Waals surface area (Å²) in [5.74, 6) is 0.667. The van der Waals surface area contributed by atoms with E-state index in [9.17, 15) is 5.11 Å². The highest BCUT2D eigenvalue weighted by atomic mass is 79.9. The summed E-state index contributed by atoms with van der Waals surface area (Å²) in [5, 5.41) is 13.2. The summed E-state index contributed by atoms with van der Waals surface area (Å²) in [7, 11) is 1.57. The molecule has 21 heavy (non-hydrogen) atoms. The van der Waals surface area contributed by atoms with Gasteiger partial charge in [0.25, 0.3) is 0 Å². The highest BCUT2D eigenvalue weighted by Crippen LogP contribution is 2.35. The number of aromatic hydroxyl groups is 1. The van der Waals surface area contributed by atoms with Crippen LogP contribution in [0.15, 0.2) is 16.6 Å². The van der Waals surface area contributed by atoms with Gasteiger partial charge in [0.1, 0.15) is 0 Å². The van der Waals surface area contributed by atoms with Gasteiger partial charge >= 0.3 is 0 Å². The van der Waals surface area contributed by atoms with E-state index in [4.69, 9.17) is 4.74 Å². The van der Waals surface area contributed by atoms with Crippen LogP contribution < -0.4 is 10.1 Å². The average molecular weight is 357 g/mol. The van der Waals surface area contributed by atoms with E-state index in [1.807, 2.05) is 12.1 Å². The number of halogens is 1. The number of likely N-dealkylation sites (tertiary alicyclic amines) is 1. The van der Waals surface area contributed by atoms with Crippen molar-refractivity contribution in [3.8, 4) is 11.5 Å². The van der Waals surface area contributed by atoms with Crippen molar-refractivity contribution in [2.24, 2.45) is 0 Å². The van der Waals surface area contributed by atoms with Crippen LogP contribution in [0.5, 0.6) is 11.5 Å². The van der Waals surface area contributed by atoms with Crippen molar-refractivity contribution in [3.05, 3.63) is 22.2 Å². The average Bonchev–Trinajstić information content (AvgIpc) is 2.51. The first-order valence-corrected chi connectivity index (χ1v) is 8.48. The lowest BCUT2D eigenvalue weighted by molar-refractivity contribution is 0.225. The summed E-state index contributed by atoms with van der Waals surface area (Å²) in [6.45, 7) is 5.52. The molecule has 1 fully saturated rings. The van der Waals surface area contributed by atoms with Crippen molar-refractivity contribution in [3.63, 3.8) is 0 Å². The van der Waals surface area contributed by atoms with Crippen molar-refractivity contribution in [1.82, 2.24) is 10.2 Å². The lowest BCUT2D eigenvalue weighted by Gasteiger charge is -2.26. The van der Waals surface area contributed by atoms with Gasteiger partial charge in [-0.2, -0.15) is 0 Å². The van der Waals surface area contributed by atoms with Gasteiger partial charge in [0.2, 0.25) is 0 Å². The van der Waals surface area contributed by atoms with Crippen molar-refractivity contribution >= 4 is 15.9 Å². The Labute approximate surface area is 135 Å². The SMILES string of the molecule is COc1cc(CNCCCN2CCCCC2)cc(Br)c1O. The van der Waals surface area contributed by atoms with Gasteiger partial charge in [-0.25, -0.2) is 0 Å². The molecule has 1 aromatic rings. The van der Waals surface area contributed by atoms with Gasteiger partial charge < -0.3 is 20.1 Å². The minimum absolute atomic E-state index is 0.159. The first-order chi connectivity index (χ1) is 10.2. The van der Waals surface area contributed by atoms with Crippen LogP contribution in [-0.4, -0.2) is 43.3 Å². The smallest absolute Gasteiger partial charge is 0.172 e. The summed E-state index contributed by atoms with van der Waals surface area (Å²) in [6.07, 6.45) is 5.28. The molecular weight excluding hydrogens is 332 g/mol. The van der Waals surface area contributed by atoms with Crippen LogP contribution in [0.1, 0.15) is 31.2 Å². The van der Waals surface area contributed by atoms with E-state index >= 15 is 0 Å². The molecule has 0 unspecified atom stereocenters. The number of phenolic OH excluding ortho intramolecular Hbond substituents is 1. The Kier molecular flexibility index (Phi) is 6.80. The van der Waals surface area contributed by atoms with Crippen molar-refractivity contribution in [2.45, 2.75) is 32.2 Å². The fraction of sp³-hybridized carbons (Fsp3) is 0.625. The second-order valence-electron chi connectivity index (χ2n) is 5.56. The largest absolute Gasteiger partial charge is 0.503 e. The molecule has 0 amide bonds. The Morgan fingerprint density at radius 3 is 2.76 bits per heavy atom. The van der Waals surface area contributed by atoms with Gasteiger partial charge in [-0.1, -0.05) is 6.42 Å².